The number of rotatable bonds is 1. The molecular formula is C12H19N3O2. The smallest absolute Gasteiger partial charge is 0.354 e. The van der Waals surface area contributed by atoms with Crippen LogP contribution in [0.15, 0.2) is 0 Å². The quantitative estimate of drug-likeness (QED) is 0.800. The number of hydrogen-bond donors (Lipinski definition) is 1. The molecule has 0 saturated heterocycles. The molecule has 2 heterocycles. The van der Waals surface area contributed by atoms with Crippen LogP contribution >= 0.6 is 0 Å². The number of carboxylic acid groups (broad SMARTS) is 1. The summed E-state index contributed by atoms with van der Waals surface area (Å²) in [6.07, 6.45) is 0.829. The first-order chi connectivity index (χ1) is 7.80. The average molecular weight is 237 g/mol. The summed E-state index contributed by atoms with van der Waals surface area (Å²) in [6.45, 7) is 7.53. The number of nitrogens with zero attached hydrogens (tertiary/aromatic N) is 3. The Morgan fingerprint density at radius 1 is 1.41 bits per heavy atom. The van der Waals surface area contributed by atoms with E-state index in [2.05, 4.69) is 10.00 Å². The van der Waals surface area contributed by atoms with Gasteiger partial charge in [0.1, 0.15) is 0 Å². The molecule has 0 bridgehead atoms. The number of carboxylic acids is 1. The van der Waals surface area contributed by atoms with Gasteiger partial charge in [-0.25, -0.2) is 4.79 Å². The van der Waals surface area contributed by atoms with Crippen LogP contribution in [0.4, 0.5) is 0 Å². The van der Waals surface area contributed by atoms with E-state index in [9.17, 15) is 9.90 Å². The van der Waals surface area contributed by atoms with Crippen molar-refractivity contribution in [1.29, 1.82) is 0 Å². The fraction of sp³-hybridized carbons (Fsp3) is 0.667. The topological polar surface area (TPSA) is 58.4 Å². The van der Waals surface area contributed by atoms with Crippen molar-refractivity contribution in [3.8, 4) is 0 Å². The molecule has 0 amide bonds. The number of aromatic carboxylic acids is 1. The van der Waals surface area contributed by atoms with E-state index in [1.807, 2.05) is 27.8 Å². The van der Waals surface area contributed by atoms with Crippen LogP contribution in [0.3, 0.4) is 0 Å². The highest BCUT2D eigenvalue weighted by molar-refractivity contribution is 5.88. The molecule has 0 saturated carbocycles. The first kappa shape index (κ1) is 12.1. The number of likely N-dealkylation sites (N-methyl/N-ethyl adjacent to an activating group) is 1. The SMILES string of the molecule is CN1CCc2nn(C(C)(C)C)c(C(=O)O)c2C1. The number of fused-ring (bicyclic) bond motifs is 1. The average Bonchev–Trinajstić information content (AvgIpc) is 2.55. The molecule has 2 rings (SSSR count). The van der Waals surface area contributed by atoms with Crippen molar-refractivity contribution in [2.45, 2.75) is 39.3 Å². The zero-order valence-electron chi connectivity index (χ0n) is 10.8. The van der Waals surface area contributed by atoms with Gasteiger partial charge in [-0.05, 0) is 27.8 Å². The molecular weight excluding hydrogens is 218 g/mol. The van der Waals surface area contributed by atoms with Crippen molar-refractivity contribution in [2.75, 3.05) is 13.6 Å². The van der Waals surface area contributed by atoms with Crippen LogP contribution in [0.5, 0.6) is 0 Å². The Bertz CT molecular complexity index is 457. The predicted molar refractivity (Wildman–Crippen MR) is 64.2 cm³/mol. The predicted octanol–water partition coefficient (Wildman–Crippen LogP) is 1.32. The van der Waals surface area contributed by atoms with E-state index >= 15 is 0 Å². The Morgan fingerprint density at radius 2 is 2.06 bits per heavy atom. The molecule has 17 heavy (non-hydrogen) atoms. The summed E-state index contributed by atoms with van der Waals surface area (Å²) < 4.78 is 1.65. The summed E-state index contributed by atoms with van der Waals surface area (Å²) in [5, 5.41) is 13.9. The Labute approximate surface area is 101 Å². The highest BCUT2D eigenvalue weighted by atomic mass is 16.4. The van der Waals surface area contributed by atoms with Gasteiger partial charge in [0.25, 0.3) is 0 Å². The van der Waals surface area contributed by atoms with Gasteiger partial charge in [0.15, 0.2) is 5.69 Å². The van der Waals surface area contributed by atoms with Crippen molar-refractivity contribution in [2.24, 2.45) is 0 Å². The van der Waals surface area contributed by atoms with Crippen molar-refractivity contribution in [3.05, 3.63) is 17.0 Å². The van der Waals surface area contributed by atoms with E-state index in [1.165, 1.54) is 0 Å². The number of carbonyl (C=O) groups is 1. The van der Waals surface area contributed by atoms with Crippen LogP contribution in [0, 0.1) is 0 Å². The molecule has 0 fully saturated rings. The Kier molecular flexibility index (Phi) is 2.73. The van der Waals surface area contributed by atoms with Crippen LogP contribution in [0.1, 0.15) is 42.5 Å². The van der Waals surface area contributed by atoms with E-state index in [0.717, 1.165) is 24.2 Å². The van der Waals surface area contributed by atoms with E-state index in [1.54, 1.807) is 4.68 Å². The lowest BCUT2D eigenvalue weighted by Gasteiger charge is -2.22. The molecule has 0 atom stereocenters. The maximum atomic E-state index is 11.4. The summed E-state index contributed by atoms with van der Waals surface area (Å²) in [5.74, 6) is -0.885. The second-order valence-corrected chi connectivity index (χ2v) is 5.65. The Hall–Kier alpha value is -1.36. The third-order valence-electron chi connectivity index (χ3n) is 3.06. The summed E-state index contributed by atoms with van der Waals surface area (Å²) in [6, 6.07) is 0. The molecule has 94 valence electrons. The molecule has 0 unspecified atom stereocenters. The third kappa shape index (κ3) is 2.07. The van der Waals surface area contributed by atoms with E-state index in [-0.39, 0.29) is 5.54 Å². The maximum Gasteiger partial charge on any atom is 0.354 e. The second kappa shape index (κ2) is 3.84. The van der Waals surface area contributed by atoms with Crippen molar-refractivity contribution in [1.82, 2.24) is 14.7 Å². The van der Waals surface area contributed by atoms with Crippen molar-refractivity contribution < 1.29 is 9.90 Å². The minimum absolute atomic E-state index is 0.302. The normalized spacial score (nSPS) is 16.9. The molecule has 1 aliphatic rings. The molecule has 0 radical (unpaired) electrons. The Morgan fingerprint density at radius 3 is 2.59 bits per heavy atom. The zero-order valence-corrected chi connectivity index (χ0v) is 10.8. The number of hydrogen-bond acceptors (Lipinski definition) is 3. The van der Waals surface area contributed by atoms with Gasteiger partial charge in [0.2, 0.25) is 0 Å². The highest BCUT2D eigenvalue weighted by Gasteiger charge is 2.30. The molecule has 1 aliphatic heterocycles. The van der Waals surface area contributed by atoms with Gasteiger partial charge >= 0.3 is 5.97 Å². The van der Waals surface area contributed by atoms with Crippen LogP contribution in [-0.2, 0) is 18.5 Å². The van der Waals surface area contributed by atoms with Gasteiger partial charge in [-0.2, -0.15) is 5.10 Å². The van der Waals surface area contributed by atoms with Gasteiger partial charge in [-0.3, -0.25) is 4.68 Å². The van der Waals surface area contributed by atoms with Crippen LogP contribution in [-0.4, -0.2) is 39.3 Å². The summed E-state index contributed by atoms with van der Waals surface area (Å²) in [5.41, 5.74) is 1.86. The largest absolute Gasteiger partial charge is 0.477 e. The first-order valence-electron chi connectivity index (χ1n) is 5.84. The first-order valence-corrected chi connectivity index (χ1v) is 5.84. The van der Waals surface area contributed by atoms with E-state index in [4.69, 9.17) is 0 Å². The van der Waals surface area contributed by atoms with Crippen LogP contribution in [0.2, 0.25) is 0 Å². The van der Waals surface area contributed by atoms with Gasteiger partial charge in [0.05, 0.1) is 11.2 Å². The number of aromatic nitrogens is 2. The molecule has 0 spiro atoms. The summed E-state index contributed by atoms with van der Waals surface area (Å²) >= 11 is 0. The van der Waals surface area contributed by atoms with Gasteiger partial charge in [-0.1, -0.05) is 0 Å². The lowest BCUT2D eigenvalue weighted by Crippen LogP contribution is -2.28. The molecule has 1 N–H and O–H groups in total. The second-order valence-electron chi connectivity index (χ2n) is 5.65. The fourth-order valence-corrected chi connectivity index (χ4v) is 2.21. The molecule has 5 nitrogen and oxygen atoms in total. The van der Waals surface area contributed by atoms with Gasteiger partial charge in [0, 0.05) is 25.1 Å². The highest BCUT2D eigenvalue weighted by Crippen LogP contribution is 2.26. The molecule has 0 aliphatic carbocycles. The monoisotopic (exact) mass is 237 g/mol. The molecule has 1 aromatic rings. The van der Waals surface area contributed by atoms with E-state index in [0.29, 0.717) is 12.2 Å². The minimum atomic E-state index is -0.885. The molecule has 5 heteroatoms. The van der Waals surface area contributed by atoms with Crippen LogP contribution in [0.25, 0.3) is 0 Å². The molecule has 0 aromatic carbocycles. The fourth-order valence-electron chi connectivity index (χ4n) is 2.21. The lowest BCUT2D eigenvalue weighted by atomic mass is 10.0. The molecule has 1 aromatic heterocycles. The summed E-state index contributed by atoms with van der Waals surface area (Å²) in [7, 11) is 2.00. The zero-order chi connectivity index (χ0) is 12.8. The summed E-state index contributed by atoms with van der Waals surface area (Å²) in [4.78, 5) is 13.6. The van der Waals surface area contributed by atoms with E-state index < -0.39 is 5.97 Å². The van der Waals surface area contributed by atoms with Gasteiger partial charge < -0.3 is 10.0 Å². The lowest BCUT2D eigenvalue weighted by molar-refractivity contribution is 0.0672. The third-order valence-corrected chi connectivity index (χ3v) is 3.06. The van der Waals surface area contributed by atoms with Crippen LogP contribution < -0.4 is 0 Å². The van der Waals surface area contributed by atoms with Gasteiger partial charge in [-0.15, -0.1) is 0 Å². The van der Waals surface area contributed by atoms with Crippen molar-refractivity contribution >= 4 is 5.97 Å². The standard InChI is InChI=1S/C12H19N3O2/c1-12(2,3)15-10(11(16)17)8-7-14(4)6-5-9(8)13-15/h5-7H2,1-4H3,(H,16,17). The minimum Gasteiger partial charge on any atom is -0.477 e. The maximum absolute atomic E-state index is 11.4. The van der Waals surface area contributed by atoms with Crippen molar-refractivity contribution in [3.63, 3.8) is 0 Å². The Balaban J connectivity index is 2.59.